The fourth-order valence-electron chi connectivity index (χ4n) is 2.15. The topological polar surface area (TPSA) is 64.3 Å². The summed E-state index contributed by atoms with van der Waals surface area (Å²) in [5.74, 6) is 0.724. The van der Waals surface area contributed by atoms with Gasteiger partial charge in [0.1, 0.15) is 10.7 Å². The number of anilines is 1. The second-order valence-corrected chi connectivity index (χ2v) is 4.58. The molecule has 0 aliphatic carbocycles. The first-order chi connectivity index (χ1) is 8.11. The van der Waals surface area contributed by atoms with Crippen molar-refractivity contribution in [2.45, 2.75) is 25.5 Å². The van der Waals surface area contributed by atoms with Gasteiger partial charge in [-0.25, -0.2) is 9.97 Å². The molecule has 92 valence electrons. The highest BCUT2D eigenvalue weighted by Crippen LogP contribution is 2.24. The Kier molecular flexibility index (Phi) is 3.54. The van der Waals surface area contributed by atoms with E-state index in [4.69, 9.17) is 22.7 Å². The summed E-state index contributed by atoms with van der Waals surface area (Å²) in [5, 5.41) is 0. The quantitative estimate of drug-likeness (QED) is 0.800. The van der Waals surface area contributed by atoms with Crippen LogP contribution in [0.2, 0.25) is 0 Å². The Bertz CT molecular complexity index is 426. The summed E-state index contributed by atoms with van der Waals surface area (Å²) in [4.78, 5) is 10.8. The van der Waals surface area contributed by atoms with Crippen molar-refractivity contribution in [2.24, 2.45) is 5.73 Å². The largest absolute Gasteiger partial charge is 0.388 e. The van der Waals surface area contributed by atoms with Crippen molar-refractivity contribution >= 4 is 23.0 Å². The maximum Gasteiger partial charge on any atom is 0.157 e. The molecule has 1 aromatic heterocycles. The van der Waals surface area contributed by atoms with Crippen LogP contribution in [-0.2, 0) is 4.74 Å². The molecular formula is C11H16N4OS. The minimum absolute atomic E-state index is 0.182. The Morgan fingerprint density at radius 1 is 1.53 bits per heavy atom. The Hall–Kier alpha value is -1.27. The molecule has 0 aromatic carbocycles. The monoisotopic (exact) mass is 252 g/mol. The lowest BCUT2D eigenvalue weighted by atomic mass is 10.1. The number of nitrogens with zero attached hydrogens (tertiary/aromatic N) is 3. The second kappa shape index (κ2) is 4.93. The van der Waals surface area contributed by atoms with Crippen molar-refractivity contribution in [3.05, 3.63) is 18.1 Å². The first kappa shape index (κ1) is 12.2. The molecule has 0 radical (unpaired) electrons. The van der Waals surface area contributed by atoms with Crippen molar-refractivity contribution in [1.29, 1.82) is 0 Å². The number of hydrogen-bond acceptors (Lipinski definition) is 5. The lowest BCUT2D eigenvalue weighted by Crippen LogP contribution is -2.38. The molecule has 0 bridgehead atoms. The number of rotatable bonds is 3. The summed E-state index contributed by atoms with van der Waals surface area (Å²) >= 11 is 4.99. The van der Waals surface area contributed by atoms with Crippen LogP contribution in [0.1, 0.15) is 19.0 Å². The van der Waals surface area contributed by atoms with Gasteiger partial charge in [-0.15, -0.1) is 0 Å². The number of hydrogen-bond donors (Lipinski definition) is 1. The zero-order valence-electron chi connectivity index (χ0n) is 9.96. The molecule has 2 unspecified atom stereocenters. The normalized spacial score (nSPS) is 23.6. The molecular weight excluding hydrogens is 236 g/mol. The Labute approximate surface area is 106 Å². The predicted molar refractivity (Wildman–Crippen MR) is 70.1 cm³/mol. The summed E-state index contributed by atoms with van der Waals surface area (Å²) in [6.45, 7) is 2.84. The Balaban J connectivity index is 2.30. The fraction of sp³-hybridized carbons (Fsp3) is 0.545. The van der Waals surface area contributed by atoms with Gasteiger partial charge >= 0.3 is 0 Å². The van der Waals surface area contributed by atoms with Gasteiger partial charge < -0.3 is 15.4 Å². The van der Waals surface area contributed by atoms with Crippen molar-refractivity contribution in [3.8, 4) is 0 Å². The van der Waals surface area contributed by atoms with Crippen LogP contribution >= 0.6 is 12.2 Å². The van der Waals surface area contributed by atoms with E-state index in [0.717, 1.165) is 18.8 Å². The van der Waals surface area contributed by atoms with Gasteiger partial charge in [0.05, 0.1) is 12.1 Å². The van der Waals surface area contributed by atoms with E-state index in [1.165, 1.54) is 0 Å². The van der Waals surface area contributed by atoms with Crippen LogP contribution in [0.25, 0.3) is 0 Å². The molecule has 0 spiro atoms. The van der Waals surface area contributed by atoms with Crippen molar-refractivity contribution in [3.63, 3.8) is 0 Å². The molecule has 1 fully saturated rings. The minimum Gasteiger partial charge on any atom is -0.388 e. The van der Waals surface area contributed by atoms with Gasteiger partial charge in [0, 0.05) is 26.0 Å². The summed E-state index contributed by atoms with van der Waals surface area (Å²) in [5.41, 5.74) is 6.23. The van der Waals surface area contributed by atoms with Crippen LogP contribution in [0.5, 0.6) is 0 Å². The number of aromatic nitrogens is 2. The lowest BCUT2D eigenvalue weighted by molar-refractivity contribution is 0.118. The van der Waals surface area contributed by atoms with E-state index in [2.05, 4.69) is 21.8 Å². The molecule has 1 aliphatic heterocycles. The molecule has 2 N–H and O–H groups in total. The van der Waals surface area contributed by atoms with Gasteiger partial charge in [0.15, 0.2) is 5.82 Å². The second-order valence-electron chi connectivity index (χ2n) is 4.14. The smallest absolute Gasteiger partial charge is 0.157 e. The minimum atomic E-state index is 0.182. The first-order valence-electron chi connectivity index (χ1n) is 5.56. The van der Waals surface area contributed by atoms with Crippen LogP contribution in [0, 0.1) is 0 Å². The summed E-state index contributed by atoms with van der Waals surface area (Å²) in [6, 6.07) is 0.291. The van der Waals surface area contributed by atoms with Gasteiger partial charge in [-0.1, -0.05) is 12.2 Å². The van der Waals surface area contributed by atoms with E-state index in [-0.39, 0.29) is 11.1 Å². The molecule has 2 rings (SSSR count). The lowest BCUT2D eigenvalue weighted by Gasteiger charge is -2.28. The molecule has 1 aliphatic rings. The number of ether oxygens (including phenoxy) is 1. The fourth-order valence-corrected chi connectivity index (χ4v) is 2.29. The molecule has 0 amide bonds. The third-order valence-corrected chi connectivity index (χ3v) is 3.27. The standard InChI is InChI=1S/C11H16N4OS/c1-7-8(3-6-16-7)15(2)11-9(10(12)17)13-4-5-14-11/h4-5,7-8H,3,6H2,1-2H3,(H2,12,17). The molecule has 0 saturated carbocycles. The Morgan fingerprint density at radius 3 is 2.82 bits per heavy atom. The zero-order valence-corrected chi connectivity index (χ0v) is 10.8. The third-order valence-electron chi connectivity index (χ3n) is 3.08. The van der Waals surface area contributed by atoms with Crippen LogP contribution in [0.15, 0.2) is 12.4 Å². The molecule has 5 nitrogen and oxygen atoms in total. The molecule has 17 heavy (non-hydrogen) atoms. The van der Waals surface area contributed by atoms with Crippen molar-refractivity contribution in [2.75, 3.05) is 18.6 Å². The average molecular weight is 252 g/mol. The third kappa shape index (κ3) is 2.37. The van der Waals surface area contributed by atoms with E-state index in [0.29, 0.717) is 11.7 Å². The number of likely N-dealkylation sites (N-methyl/N-ethyl adjacent to an activating group) is 1. The molecule has 2 heterocycles. The average Bonchev–Trinajstić information content (AvgIpc) is 2.74. The van der Waals surface area contributed by atoms with Gasteiger partial charge in [0.25, 0.3) is 0 Å². The van der Waals surface area contributed by atoms with Crippen molar-refractivity contribution < 1.29 is 4.74 Å². The highest BCUT2D eigenvalue weighted by Gasteiger charge is 2.30. The van der Waals surface area contributed by atoms with Crippen molar-refractivity contribution in [1.82, 2.24) is 9.97 Å². The predicted octanol–water partition coefficient (Wildman–Crippen LogP) is 0.724. The summed E-state index contributed by atoms with van der Waals surface area (Å²) in [6.07, 6.45) is 4.40. The maximum atomic E-state index is 5.66. The highest BCUT2D eigenvalue weighted by molar-refractivity contribution is 7.80. The Morgan fingerprint density at radius 2 is 2.24 bits per heavy atom. The van der Waals surface area contributed by atoms with Crippen LogP contribution in [0.4, 0.5) is 5.82 Å². The van der Waals surface area contributed by atoms with Crippen LogP contribution in [-0.4, -0.2) is 40.8 Å². The van der Waals surface area contributed by atoms with Gasteiger partial charge in [-0.05, 0) is 13.3 Å². The summed E-state index contributed by atoms with van der Waals surface area (Å²) < 4.78 is 5.55. The van der Waals surface area contributed by atoms with Gasteiger partial charge in [0.2, 0.25) is 0 Å². The highest BCUT2D eigenvalue weighted by atomic mass is 32.1. The van der Waals surface area contributed by atoms with E-state index in [9.17, 15) is 0 Å². The molecule has 2 atom stereocenters. The van der Waals surface area contributed by atoms with Crippen LogP contribution < -0.4 is 10.6 Å². The number of nitrogens with two attached hydrogens (primary N) is 1. The van der Waals surface area contributed by atoms with E-state index < -0.39 is 0 Å². The van der Waals surface area contributed by atoms with E-state index >= 15 is 0 Å². The SMILES string of the molecule is CC1OCCC1N(C)c1nccnc1C(N)=S. The molecule has 1 aromatic rings. The number of thiocarbonyl (C=S) groups is 1. The van der Waals surface area contributed by atoms with Gasteiger partial charge in [-0.3, -0.25) is 0 Å². The maximum absolute atomic E-state index is 5.66. The van der Waals surface area contributed by atoms with E-state index in [1.54, 1.807) is 12.4 Å². The van der Waals surface area contributed by atoms with Crippen LogP contribution in [0.3, 0.4) is 0 Å². The van der Waals surface area contributed by atoms with Gasteiger partial charge in [-0.2, -0.15) is 0 Å². The molecule has 6 heteroatoms. The van der Waals surface area contributed by atoms with E-state index in [1.807, 2.05) is 7.05 Å². The molecule has 1 saturated heterocycles. The first-order valence-corrected chi connectivity index (χ1v) is 5.97. The zero-order chi connectivity index (χ0) is 12.4. The summed E-state index contributed by atoms with van der Waals surface area (Å²) in [7, 11) is 1.97.